The second-order valence-electron chi connectivity index (χ2n) is 4.05. The topological polar surface area (TPSA) is 34.1 Å². The molecule has 0 unspecified atom stereocenters. The Balaban J connectivity index is 5.04. The van der Waals surface area contributed by atoms with Crippen molar-refractivity contribution in [2.24, 2.45) is 4.74 Å². The van der Waals surface area contributed by atoms with E-state index in [1.165, 1.54) is 0 Å². The van der Waals surface area contributed by atoms with Crippen LogP contribution in [0, 0.1) is 0 Å². The molecule has 0 aromatic rings. The highest BCUT2D eigenvalue weighted by molar-refractivity contribution is 7.59. The molecule has 0 bridgehead atoms. The molecule has 0 spiro atoms. The minimum atomic E-state index is -1.66. The van der Waals surface area contributed by atoms with Crippen molar-refractivity contribution < 1.29 is 0 Å². The summed E-state index contributed by atoms with van der Waals surface area (Å²) in [6, 6.07) is 0. The zero-order valence-corrected chi connectivity index (χ0v) is 12.0. The first kappa shape index (κ1) is 15.1. The molecule has 0 rings (SSSR count). The highest BCUT2D eigenvalue weighted by atomic mass is 31.2. The Morgan fingerprint density at radius 3 is 1.60 bits per heavy atom. The molecule has 0 atom stereocenters. The maximum absolute atomic E-state index is 4.87. The highest BCUT2D eigenvalue weighted by Gasteiger charge is 2.27. The molecule has 0 amide bonds. The van der Waals surface area contributed by atoms with E-state index in [0.29, 0.717) is 0 Å². The number of likely N-dealkylation sites (N-methyl/N-ethyl adjacent to an activating group) is 1. The summed E-state index contributed by atoms with van der Waals surface area (Å²) in [6.45, 7) is 1.77. The van der Waals surface area contributed by atoms with Crippen LogP contribution in [0.25, 0.3) is 0 Å². The van der Waals surface area contributed by atoms with Crippen molar-refractivity contribution in [3.8, 4) is 0 Å². The zero-order valence-electron chi connectivity index (χ0n) is 11.2. The van der Waals surface area contributed by atoms with Gasteiger partial charge in [0.05, 0.1) is 6.54 Å². The van der Waals surface area contributed by atoms with Crippen molar-refractivity contribution in [2.45, 2.75) is 0 Å². The third-order valence-electron chi connectivity index (χ3n) is 2.26. The Labute approximate surface area is 94.6 Å². The minimum Gasteiger partial charge on any atom is -0.318 e. The summed E-state index contributed by atoms with van der Waals surface area (Å²) in [5, 5.41) is 3.13. The van der Waals surface area contributed by atoms with Gasteiger partial charge in [-0.25, -0.2) is 0 Å². The standard InChI is InChI=1S/C9H26N5P/c1-10-8-9-11-15(12(2)3,13(4)5)14(6)7/h10H,8-9H2,1-7H3. The van der Waals surface area contributed by atoms with Crippen LogP contribution in [0.4, 0.5) is 0 Å². The van der Waals surface area contributed by atoms with E-state index in [4.69, 9.17) is 4.74 Å². The van der Waals surface area contributed by atoms with Gasteiger partial charge in [-0.2, -0.15) is 0 Å². The Kier molecular flexibility index (Phi) is 6.64. The van der Waals surface area contributed by atoms with E-state index >= 15 is 0 Å². The molecule has 0 saturated heterocycles. The number of hydrogen-bond donors (Lipinski definition) is 1. The van der Waals surface area contributed by atoms with Crippen LogP contribution >= 0.6 is 7.51 Å². The summed E-state index contributed by atoms with van der Waals surface area (Å²) in [7, 11) is 12.9. The van der Waals surface area contributed by atoms with Crippen LogP contribution in [0.3, 0.4) is 0 Å². The fourth-order valence-corrected chi connectivity index (χ4v) is 5.02. The van der Waals surface area contributed by atoms with Gasteiger partial charge in [0.2, 0.25) is 0 Å². The van der Waals surface area contributed by atoms with E-state index in [0.717, 1.165) is 13.1 Å². The van der Waals surface area contributed by atoms with Crippen molar-refractivity contribution in [1.82, 2.24) is 19.3 Å². The maximum Gasteiger partial charge on any atom is 0.166 e. The van der Waals surface area contributed by atoms with E-state index in [-0.39, 0.29) is 0 Å². The molecular weight excluding hydrogens is 209 g/mol. The summed E-state index contributed by atoms with van der Waals surface area (Å²) in [5.41, 5.74) is 0. The average molecular weight is 235 g/mol. The van der Waals surface area contributed by atoms with Crippen molar-refractivity contribution in [1.29, 1.82) is 0 Å². The number of nitrogens with zero attached hydrogens (tertiary/aromatic N) is 4. The van der Waals surface area contributed by atoms with E-state index in [1.54, 1.807) is 0 Å². The molecule has 0 aliphatic rings. The highest BCUT2D eigenvalue weighted by Crippen LogP contribution is 2.54. The lowest BCUT2D eigenvalue weighted by molar-refractivity contribution is 0.470. The first-order valence-electron chi connectivity index (χ1n) is 5.15. The normalized spacial score (nSPS) is 12.9. The lowest BCUT2D eigenvalue weighted by Crippen LogP contribution is -2.31. The Hall–Kier alpha value is 0.0700. The van der Waals surface area contributed by atoms with Gasteiger partial charge in [-0.1, -0.05) is 0 Å². The molecule has 6 heteroatoms. The molecule has 0 fully saturated rings. The molecule has 0 aliphatic heterocycles. The van der Waals surface area contributed by atoms with E-state index < -0.39 is 7.51 Å². The largest absolute Gasteiger partial charge is 0.318 e. The summed E-state index contributed by atoms with van der Waals surface area (Å²) in [4.78, 5) is 0. The van der Waals surface area contributed by atoms with E-state index in [1.807, 2.05) is 7.05 Å². The van der Waals surface area contributed by atoms with Gasteiger partial charge < -0.3 is 5.32 Å². The molecule has 0 radical (unpaired) electrons. The Morgan fingerprint density at radius 1 is 0.933 bits per heavy atom. The van der Waals surface area contributed by atoms with Gasteiger partial charge in [0.1, 0.15) is 0 Å². The predicted octanol–water partition coefficient (Wildman–Crippen LogP) is 0.837. The monoisotopic (exact) mass is 235 g/mol. The maximum atomic E-state index is 4.87. The zero-order chi connectivity index (χ0) is 12.1. The molecule has 0 aliphatic carbocycles. The molecule has 5 nitrogen and oxygen atoms in total. The number of rotatable bonds is 6. The Bertz CT molecular complexity index is 196. The van der Waals surface area contributed by atoms with Crippen molar-refractivity contribution in [3.05, 3.63) is 0 Å². The quantitative estimate of drug-likeness (QED) is 0.546. The average Bonchev–Trinajstić information content (AvgIpc) is 2.10. The van der Waals surface area contributed by atoms with Gasteiger partial charge in [0, 0.05) is 6.54 Å². The van der Waals surface area contributed by atoms with Gasteiger partial charge >= 0.3 is 0 Å². The fraction of sp³-hybridized carbons (Fsp3) is 1.00. The first-order valence-corrected chi connectivity index (χ1v) is 6.75. The van der Waals surface area contributed by atoms with Gasteiger partial charge in [-0.15, -0.1) is 0 Å². The van der Waals surface area contributed by atoms with Gasteiger partial charge in [-0.3, -0.25) is 18.8 Å². The van der Waals surface area contributed by atoms with Gasteiger partial charge in [-0.05, 0) is 49.3 Å². The third kappa shape index (κ3) is 3.54. The molecule has 0 heterocycles. The minimum absolute atomic E-state index is 0.846. The van der Waals surface area contributed by atoms with Gasteiger partial charge in [0.25, 0.3) is 0 Å². The molecule has 15 heavy (non-hydrogen) atoms. The summed E-state index contributed by atoms with van der Waals surface area (Å²) in [6.07, 6.45) is 0. The number of hydrogen-bond acceptors (Lipinski definition) is 2. The first-order chi connectivity index (χ1) is 6.89. The second kappa shape index (κ2) is 6.61. The molecule has 0 aromatic carbocycles. The van der Waals surface area contributed by atoms with Crippen LogP contribution in [0.15, 0.2) is 4.74 Å². The molecule has 0 aromatic heterocycles. The third-order valence-corrected chi connectivity index (χ3v) is 6.06. The SMILES string of the molecule is CNCCN=P(N(C)C)(N(C)C)N(C)C. The van der Waals surface area contributed by atoms with Crippen LogP contribution in [0.2, 0.25) is 0 Å². The van der Waals surface area contributed by atoms with Gasteiger partial charge in [0.15, 0.2) is 7.51 Å². The Morgan fingerprint density at radius 2 is 1.33 bits per heavy atom. The molecule has 0 saturated carbocycles. The predicted molar refractivity (Wildman–Crippen MR) is 69.2 cm³/mol. The fourth-order valence-electron chi connectivity index (χ4n) is 1.75. The van der Waals surface area contributed by atoms with Crippen LogP contribution in [-0.2, 0) is 0 Å². The van der Waals surface area contributed by atoms with E-state index in [2.05, 4.69) is 61.6 Å². The van der Waals surface area contributed by atoms with Crippen LogP contribution < -0.4 is 5.32 Å². The number of nitrogens with one attached hydrogen (secondary N) is 1. The lowest BCUT2D eigenvalue weighted by atomic mass is 10.7. The molecular formula is C9H26N5P. The van der Waals surface area contributed by atoms with Crippen molar-refractivity contribution in [2.75, 3.05) is 62.4 Å². The second-order valence-corrected chi connectivity index (χ2v) is 7.80. The lowest BCUT2D eigenvalue weighted by Gasteiger charge is -2.41. The molecule has 1 N–H and O–H groups in total. The smallest absolute Gasteiger partial charge is 0.166 e. The van der Waals surface area contributed by atoms with Crippen molar-refractivity contribution in [3.63, 3.8) is 0 Å². The summed E-state index contributed by atoms with van der Waals surface area (Å²) in [5.74, 6) is 0. The summed E-state index contributed by atoms with van der Waals surface area (Å²) >= 11 is 0. The van der Waals surface area contributed by atoms with Crippen molar-refractivity contribution >= 4 is 7.51 Å². The van der Waals surface area contributed by atoms with Crippen LogP contribution in [-0.4, -0.2) is 76.4 Å². The van der Waals surface area contributed by atoms with Crippen LogP contribution in [0.1, 0.15) is 0 Å². The van der Waals surface area contributed by atoms with Crippen LogP contribution in [0.5, 0.6) is 0 Å². The van der Waals surface area contributed by atoms with E-state index in [9.17, 15) is 0 Å². The summed E-state index contributed by atoms with van der Waals surface area (Å²) < 4.78 is 11.5. The molecule has 92 valence electrons.